The number of benzene rings is 2. The largest absolute Gasteiger partial charge is 0.507 e. The van der Waals surface area contributed by atoms with Crippen molar-refractivity contribution in [3.8, 4) is 0 Å². The van der Waals surface area contributed by atoms with Gasteiger partial charge in [0.15, 0.2) is 0 Å². The van der Waals surface area contributed by atoms with Crippen LogP contribution in [0.2, 0.25) is 5.02 Å². The van der Waals surface area contributed by atoms with Crippen molar-refractivity contribution in [1.82, 2.24) is 10.2 Å². The number of halogens is 1. The van der Waals surface area contributed by atoms with Crippen molar-refractivity contribution in [2.45, 2.75) is 13.0 Å². The van der Waals surface area contributed by atoms with Gasteiger partial charge in [-0.3, -0.25) is 24.6 Å². The fourth-order valence-corrected chi connectivity index (χ4v) is 4.11. The van der Waals surface area contributed by atoms with Gasteiger partial charge in [-0.25, -0.2) is 0 Å². The van der Waals surface area contributed by atoms with Gasteiger partial charge in [-0.1, -0.05) is 22.9 Å². The summed E-state index contributed by atoms with van der Waals surface area (Å²) in [5, 5.41) is 31.0. The van der Waals surface area contributed by atoms with E-state index in [1.165, 1.54) is 36.4 Å². The van der Waals surface area contributed by atoms with E-state index in [4.69, 9.17) is 11.6 Å². The molecular formula is C20H13ClN4O5S. The van der Waals surface area contributed by atoms with Crippen LogP contribution in [0.3, 0.4) is 0 Å². The summed E-state index contributed by atoms with van der Waals surface area (Å²) >= 11 is 7.01. The van der Waals surface area contributed by atoms with Crippen molar-refractivity contribution in [2.24, 2.45) is 0 Å². The number of hydrogen-bond acceptors (Lipinski definition) is 8. The van der Waals surface area contributed by atoms with Gasteiger partial charge in [-0.2, -0.15) is 0 Å². The van der Waals surface area contributed by atoms with E-state index < -0.39 is 22.7 Å². The number of non-ortho nitro benzene ring substituents is 1. The average Bonchev–Trinajstić information content (AvgIpc) is 3.29. The highest BCUT2D eigenvalue weighted by atomic mass is 35.5. The van der Waals surface area contributed by atoms with E-state index >= 15 is 0 Å². The van der Waals surface area contributed by atoms with Crippen LogP contribution in [0.4, 0.5) is 10.8 Å². The predicted octanol–water partition coefficient (Wildman–Crippen LogP) is 4.03. The van der Waals surface area contributed by atoms with Crippen LogP contribution in [0.5, 0.6) is 0 Å². The Morgan fingerprint density at radius 2 is 1.77 bits per heavy atom. The van der Waals surface area contributed by atoms with E-state index in [2.05, 4.69) is 10.2 Å². The van der Waals surface area contributed by atoms with E-state index in [9.17, 15) is 24.8 Å². The average molecular weight is 457 g/mol. The zero-order valence-corrected chi connectivity index (χ0v) is 17.4. The molecule has 2 aromatic carbocycles. The van der Waals surface area contributed by atoms with Gasteiger partial charge in [-0.05, 0) is 48.9 Å². The van der Waals surface area contributed by atoms with Gasteiger partial charge in [0.25, 0.3) is 11.5 Å². The number of aromatic nitrogens is 2. The summed E-state index contributed by atoms with van der Waals surface area (Å²) in [4.78, 5) is 37.5. The summed E-state index contributed by atoms with van der Waals surface area (Å²) in [6.45, 7) is 1.70. The number of aryl methyl sites for hydroxylation is 1. The van der Waals surface area contributed by atoms with Crippen LogP contribution in [0, 0.1) is 17.0 Å². The number of amides is 1. The Labute approximate surface area is 184 Å². The summed E-state index contributed by atoms with van der Waals surface area (Å²) in [7, 11) is 0. The molecule has 1 atom stereocenters. The Hall–Kier alpha value is -3.63. The van der Waals surface area contributed by atoms with E-state index in [1.54, 1.807) is 19.1 Å². The van der Waals surface area contributed by atoms with E-state index in [0.29, 0.717) is 21.2 Å². The standard InChI is InChI=1S/C20H13ClN4O5S/c1-10-22-23-20(31-10)24-16(11-4-8-14(9-5-11)25(29)30)15(18(27)19(24)28)17(26)12-2-6-13(21)7-3-12/h2-9,16,26H,1H3/t16-/m0/s1. The maximum absolute atomic E-state index is 12.9. The molecule has 0 aliphatic carbocycles. The zero-order chi connectivity index (χ0) is 22.3. The molecule has 1 N–H and O–H groups in total. The maximum atomic E-state index is 12.9. The zero-order valence-electron chi connectivity index (χ0n) is 15.9. The minimum atomic E-state index is -1.04. The fourth-order valence-electron chi connectivity index (χ4n) is 3.27. The SMILES string of the molecule is Cc1nnc(N2C(=O)C(=O)C(=C(O)c3ccc(Cl)cc3)[C@@H]2c2ccc([N+](=O)[O-])cc2)s1. The first-order valence-corrected chi connectivity index (χ1v) is 10.1. The van der Waals surface area contributed by atoms with Crippen LogP contribution < -0.4 is 4.90 Å². The second-order valence-electron chi connectivity index (χ2n) is 6.63. The van der Waals surface area contributed by atoms with Crippen molar-refractivity contribution in [2.75, 3.05) is 4.90 Å². The monoisotopic (exact) mass is 456 g/mol. The molecule has 1 amide bonds. The third kappa shape index (κ3) is 3.66. The van der Waals surface area contributed by atoms with Gasteiger partial charge in [0.2, 0.25) is 5.13 Å². The molecule has 1 fully saturated rings. The minimum absolute atomic E-state index is 0.148. The van der Waals surface area contributed by atoms with Gasteiger partial charge >= 0.3 is 5.91 Å². The molecule has 3 aromatic rings. The quantitative estimate of drug-likeness (QED) is 0.206. The van der Waals surface area contributed by atoms with E-state index in [0.717, 1.165) is 16.2 Å². The Morgan fingerprint density at radius 3 is 2.32 bits per heavy atom. The molecule has 0 bridgehead atoms. The first-order valence-electron chi connectivity index (χ1n) is 8.89. The number of anilines is 1. The van der Waals surface area contributed by atoms with Crippen LogP contribution in [0.1, 0.15) is 22.2 Å². The van der Waals surface area contributed by atoms with Crippen molar-refractivity contribution >= 4 is 51.2 Å². The predicted molar refractivity (Wildman–Crippen MR) is 114 cm³/mol. The summed E-state index contributed by atoms with van der Waals surface area (Å²) in [6, 6.07) is 10.5. The lowest BCUT2D eigenvalue weighted by Crippen LogP contribution is -2.29. The maximum Gasteiger partial charge on any atom is 0.301 e. The molecule has 9 nitrogen and oxygen atoms in total. The van der Waals surface area contributed by atoms with E-state index in [1.807, 2.05) is 0 Å². The Bertz CT molecular complexity index is 1240. The van der Waals surface area contributed by atoms with Gasteiger partial charge in [0, 0.05) is 22.7 Å². The highest BCUT2D eigenvalue weighted by molar-refractivity contribution is 7.15. The van der Waals surface area contributed by atoms with Crippen molar-refractivity contribution in [3.05, 3.63) is 85.4 Å². The fraction of sp³-hybridized carbons (Fsp3) is 0.100. The molecule has 0 saturated carbocycles. The van der Waals surface area contributed by atoms with Crippen molar-refractivity contribution in [3.63, 3.8) is 0 Å². The molecular weight excluding hydrogens is 444 g/mol. The Balaban J connectivity index is 1.92. The smallest absolute Gasteiger partial charge is 0.301 e. The molecule has 1 aromatic heterocycles. The molecule has 1 aliphatic heterocycles. The lowest BCUT2D eigenvalue weighted by Gasteiger charge is -2.22. The van der Waals surface area contributed by atoms with Gasteiger partial charge in [-0.15, -0.1) is 10.2 Å². The second-order valence-corrected chi connectivity index (χ2v) is 8.22. The number of rotatable bonds is 4. The van der Waals surface area contributed by atoms with E-state index in [-0.39, 0.29) is 22.2 Å². The van der Waals surface area contributed by atoms with Crippen LogP contribution >= 0.6 is 22.9 Å². The molecule has 4 rings (SSSR count). The molecule has 0 unspecified atom stereocenters. The number of hydrogen-bond donors (Lipinski definition) is 1. The summed E-state index contributed by atoms with van der Waals surface area (Å²) in [5.41, 5.74) is 0.384. The van der Waals surface area contributed by atoms with Gasteiger partial charge in [0.1, 0.15) is 10.8 Å². The highest BCUT2D eigenvalue weighted by Crippen LogP contribution is 2.43. The summed E-state index contributed by atoms with van der Waals surface area (Å²) < 4.78 is 0. The second kappa shape index (κ2) is 7.89. The normalized spacial score (nSPS) is 17.9. The number of carbonyl (C=O) groups excluding carboxylic acids is 2. The Morgan fingerprint density at radius 1 is 1.13 bits per heavy atom. The van der Waals surface area contributed by atoms with Crippen LogP contribution in [0.15, 0.2) is 54.1 Å². The lowest BCUT2D eigenvalue weighted by molar-refractivity contribution is -0.384. The molecule has 31 heavy (non-hydrogen) atoms. The molecule has 1 saturated heterocycles. The van der Waals surface area contributed by atoms with Crippen molar-refractivity contribution < 1.29 is 19.6 Å². The number of aliphatic hydroxyl groups is 1. The molecule has 156 valence electrons. The lowest BCUT2D eigenvalue weighted by atomic mass is 9.95. The minimum Gasteiger partial charge on any atom is -0.507 e. The highest BCUT2D eigenvalue weighted by Gasteiger charge is 2.48. The number of nitro benzene ring substituents is 1. The molecule has 0 spiro atoms. The van der Waals surface area contributed by atoms with Gasteiger partial charge < -0.3 is 5.11 Å². The van der Waals surface area contributed by atoms with Gasteiger partial charge in [0.05, 0.1) is 16.5 Å². The number of nitrogens with zero attached hydrogens (tertiary/aromatic N) is 4. The topological polar surface area (TPSA) is 127 Å². The molecule has 2 heterocycles. The first kappa shape index (κ1) is 20.6. The van der Waals surface area contributed by atoms with Crippen LogP contribution in [-0.4, -0.2) is 31.9 Å². The summed E-state index contributed by atoms with van der Waals surface area (Å²) in [6.07, 6.45) is 0. The number of Topliss-reactive ketones (excluding diaryl/α,β-unsaturated/α-hetero) is 1. The third-order valence-corrected chi connectivity index (χ3v) is 5.79. The van der Waals surface area contributed by atoms with Crippen molar-refractivity contribution in [1.29, 1.82) is 0 Å². The number of aliphatic hydroxyl groups excluding tert-OH is 1. The molecule has 11 heteroatoms. The number of nitro groups is 1. The Kier molecular flexibility index (Phi) is 5.25. The van der Waals surface area contributed by atoms with Crippen LogP contribution in [-0.2, 0) is 9.59 Å². The first-order chi connectivity index (χ1) is 14.8. The third-order valence-electron chi connectivity index (χ3n) is 4.70. The number of carbonyl (C=O) groups is 2. The van der Waals surface area contributed by atoms with Crippen LogP contribution in [0.25, 0.3) is 5.76 Å². The molecule has 1 aliphatic rings. The summed E-state index contributed by atoms with van der Waals surface area (Å²) in [5.74, 6) is -2.17. The molecule has 0 radical (unpaired) electrons. The number of ketones is 1.